The first-order chi connectivity index (χ1) is 18.0. The molecule has 3 aromatic rings. The Kier molecular flexibility index (Phi) is 9.19. The second kappa shape index (κ2) is 12.3. The minimum Gasteiger partial charge on any atom is -0.355 e. The number of hydrogen-bond donors (Lipinski definition) is 1. The van der Waals surface area contributed by atoms with Gasteiger partial charge in [-0.2, -0.15) is 0 Å². The van der Waals surface area contributed by atoms with E-state index < -0.39 is 33.4 Å². The summed E-state index contributed by atoms with van der Waals surface area (Å²) in [6, 6.07) is 19.1. The highest BCUT2D eigenvalue weighted by molar-refractivity contribution is 7.92. The Morgan fingerprint density at radius 2 is 1.68 bits per heavy atom. The molecule has 0 heterocycles. The Labute approximate surface area is 222 Å². The number of hydrogen-bond acceptors (Lipinski definition) is 6. The molecule has 200 valence electrons. The summed E-state index contributed by atoms with van der Waals surface area (Å²) in [6.45, 7) is 4.98. The van der Waals surface area contributed by atoms with E-state index in [1.54, 1.807) is 32.0 Å². The molecule has 0 aliphatic carbocycles. The van der Waals surface area contributed by atoms with Gasteiger partial charge in [-0.05, 0) is 44.5 Å². The first kappa shape index (κ1) is 28.3. The van der Waals surface area contributed by atoms with Crippen LogP contribution in [0, 0.1) is 17.0 Å². The van der Waals surface area contributed by atoms with Gasteiger partial charge in [0.25, 0.3) is 15.7 Å². The number of benzene rings is 3. The molecule has 0 aliphatic heterocycles. The number of nitro benzene ring substituents is 1. The summed E-state index contributed by atoms with van der Waals surface area (Å²) in [7, 11) is -4.30. The van der Waals surface area contributed by atoms with E-state index in [-0.39, 0.29) is 28.7 Å². The number of amides is 2. The number of nitrogens with one attached hydrogen (secondary N) is 1. The lowest BCUT2D eigenvalue weighted by Gasteiger charge is -2.32. The monoisotopic (exact) mass is 538 g/mol. The van der Waals surface area contributed by atoms with E-state index in [1.165, 1.54) is 35.2 Å². The van der Waals surface area contributed by atoms with Gasteiger partial charge in [-0.15, -0.1) is 0 Å². The molecule has 0 spiro atoms. The van der Waals surface area contributed by atoms with Gasteiger partial charge in [-0.25, -0.2) is 8.42 Å². The molecule has 11 heteroatoms. The van der Waals surface area contributed by atoms with E-state index in [9.17, 15) is 28.1 Å². The third-order valence-corrected chi connectivity index (χ3v) is 7.68. The molecule has 3 aromatic carbocycles. The van der Waals surface area contributed by atoms with E-state index in [1.807, 2.05) is 31.2 Å². The SMILES string of the molecule is CCNC(=O)C(C)N(Cc1cccc(C)c1)C(=O)CN(c1cccc([N+](=O)[O-])c1)S(=O)(=O)c1ccccc1. The molecule has 1 unspecified atom stereocenters. The van der Waals surface area contributed by atoms with Crippen LogP contribution in [-0.4, -0.2) is 49.2 Å². The molecular weight excluding hydrogens is 508 g/mol. The van der Waals surface area contributed by atoms with Gasteiger partial charge in [0.15, 0.2) is 0 Å². The van der Waals surface area contributed by atoms with Gasteiger partial charge in [0, 0.05) is 25.2 Å². The quantitative estimate of drug-likeness (QED) is 0.293. The fourth-order valence-corrected chi connectivity index (χ4v) is 5.35. The van der Waals surface area contributed by atoms with Crippen LogP contribution in [0.5, 0.6) is 0 Å². The van der Waals surface area contributed by atoms with Crippen LogP contribution in [0.4, 0.5) is 11.4 Å². The summed E-state index contributed by atoms with van der Waals surface area (Å²) in [4.78, 5) is 38.5. The summed E-state index contributed by atoms with van der Waals surface area (Å²) in [5, 5.41) is 14.1. The van der Waals surface area contributed by atoms with Crippen LogP contribution in [-0.2, 0) is 26.2 Å². The second-order valence-corrected chi connectivity index (χ2v) is 10.5. The van der Waals surface area contributed by atoms with Crippen molar-refractivity contribution >= 4 is 33.2 Å². The van der Waals surface area contributed by atoms with Crippen LogP contribution in [0.2, 0.25) is 0 Å². The van der Waals surface area contributed by atoms with Crippen molar-refractivity contribution < 1.29 is 22.9 Å². The average Bonchev–Trinajstić information content (AvgIpc) is 2.90. The van der Waals surface area contributed by atoms with Crippen LogP contribution in [0.1, 0.15) is 25.0 Å². The molecule has 0 bridgehead atoms. The van der Waals surface area contributed by atoms with Crippen LogP contribution in [0.3, 0.4) is 0 Å². The number of carbonyl (C=O) groups is 2. The lowest BCUT2D eigenvalue weighted by molar-refractivity contribution is -0.384. The fraction of sp³-hybridized carbons (Fsp3) is 0.259. The van der Waals surface area contributed by atoms with Gasteiger partial charge in [-0.3, -0.25) is 24.0 Å². The van der Waals surface area contributed by atoms with Gasteiger partial charge in [0.1, 0.15) is 12.6 Å². The zero-order valence-electron chi connectivity index (χ0n) is 21.4. The predicted molar refractivity (Wildman–Crippen MR) is 144 cm³/mol. The number of likely N-dealkylation sites (N-methyl/N-ethyl adjacent to an activating group) is 1. The summed E-state index contributed by atoms with van der Waals surface area (Å²) in [5.74, 6) is -1.03. The predicted octanol–water partition coefficient (Wildman–Crippen LogP) is 3.65. The zero-order chi connectivity index (χ0) is 27.9. The third-order valence-electron chi connectivity index (χ3n) is 5.89. The molecule has 0 fully saturated rings. The highest BCUT2D eigenvalue weighted by atomic mass is 32.2. The Morgan fingerprint density at radius 3 is 2.32 bits per heavy atom. The number of non-ortho nitro benzene ring substituents is 1. The van der Waals surface area contributed by atoms with Crippen molar-refractivity contribution in [1.29, 1.82) is 0 Å². The molecule has 0 aromatic heterocycles. The van der Waals surface area contributed by atoms with Crippen molar-refractivity contribution in [1.82, 2.24) is 10.2 Å². The average molecular weight is 539 g/mol. The molecular formula is C27H30N4O6S. The van der Waals surface area contributed by atoms with Gasteiger partial charge in [-0.1, -0.05) is 54.1 Å². The lowest BCUT2D eigenvalue weighted by Crippen LogP contribution is -2.51. The Balaban J connectivity index is 2.06. The number of aryl methyl sites for hydroxylation is 1. The van der Waals surface area contributed by atoms with E-state index in [2.05, 4.69) is 5.32 Å². The molecule has 10 nitrogen and oxygen atoms in total. The summed E-state index contributed by atoms with van der Waals surface area (Å²) < 4.78 is 28.2. The summed E-state index contributed by atoms with van der Waals surface area (Å²) in [6.07, 6.45) is 0. The molecule has 1 atom stereocenters. The lowest BCUT2D eigenvalue weighted by atomic mass is 10.1. The molecule has 1 N–H and O–H groups in total. The van der Waals surface area contributed by atoms with E-state index in [0.717, 1.165) is 21.5 Å². The normalized spacial score (nSPS) is 11.9. The number of anilines is 1. The van der Waals surface area contributed by atoms with Crippen LogP contribution >= 0.6 is 0 Å². The highest BCUT2D eigenvalue weighted by Gasteiger charge is 2.33. The van der Waals surface area contributed by atoms with E-state index >= 15 is 0 Å². The van der Waals surface area contributed by atoms with Crippen LogP contribution in [0.15, 0.2) is 83.8 Å². The Bertz CT molecular complexity index is 1410. The first-order valence-corrected chi connectivity index (χ1v) is 13.4. The maximum atomic E-state index is 13.8. The molecule has 38 heavy (non-hydrogen) atoms. The van der Waals surface area contributed by atoms with E-state index in [0.29, 0.717) is 6.54 Å². The largest absolute Gasteiger partial charge is 0.355 e. The summed E-state index contributed by atoms with van der Waals surface area (Å²) in [5.41, 5.74) is 1.36. The maximum absolute atomic E-state index is 13.8. The van der Waals surface area contributed by atoms with Crippen LogP contribution in [0.25, 0.3) is 0 Å². The third kappa shape index (κ3) is 6.74. The van der Waals surface area contributed by atoms with Gasteiger partial charge < -0.3 is 10.2 Å². The smallest absolute Gasteiger partial charge is 0.271 e. The van der Waals surface area contributed by atoms with Crippen molar-refractivity contribution in [2.24, 2.45) is 0 Å². The number of carbonyl (C=O) groups excluding carboxylic acids is 2. The minimum absolute atomic E-state index is 0.0439. The Morgan fingerprint density at radius 1 is 1.00 bits per heavy atom. The van der Waals surface area contributed by atoms with Crippen molar-refractivity contribution in [2.75, 3.05) is 17.4 Å². The second-order valence-electron chi connectivity index (χ2n) is 8.68. The number of nitrogens with zero attached hydrogens (tertiary/aromatic N) is 3. The number of sulfonamides is 1. The van der Waals surface area contributed by atoms with E-state index in [4.69, 9.17) is 0 Å². The molecule has 0 aliphatic rings. The summed E-state index contributed by atoms with van der Waals surface area (Å²) >= 11 is 0. The van der Waals surface area contributed by atoms with Crippen molar-refractivity contribution in [3.8, 4) is 0 Å². The van der Waals surface area contributed by atoms with Crippen LogP contribution < -0.4 is 9.62 Å². The molecule has 0 saturated carbocycles. The molecule has 0 radical (unpaired) electrons. The van der Waals surface area contributed by atoms with Crippen molar-refractivity contribution in [2.45, 2.75) is 38.3 Å². The van der Waals surface area contributed by atoms with Gasteiger partial charge >= 0.3 is 0 Å². The molecule has 0 saturated heterocycles. The molecule has 2 amide bonds. The first-order valence-electron chi connectivity index (χ1n) is 12.0. The number of rotatable bonds is 11. The maximum Gasteiger partial charge on any atom is 0.271 e. The Hall–Kier alpha value is -4.25. The minimum atomic E-state index is -4.30. The molecule has 3 rings (SSSR count). The van der Waals surface area contributed by atoms with Crippen molar-refractivity contribution in [3.05, 3.63) is 100 Å². The highest BCUT2D eigenvalue weighted by Crippen LogP contribution is 2.27. The topological polar surface area (TPSA) is 130 Å². The fourth-order valence-electron chi connectivity index (χ4n) is 3.92. The standard InChI is InChI=1S/C27H30N4O6S/c1-4-28-27(33)21(3)29(18-22-11-8-10-20(2)16-22)26(32)19-30(23-12-9-13-24(17-23)31(34)35)38(36,37)25-14-6-5-7-15-25/h5-17,21H,4,18-19H2,1-3H3,(H,28,33). The van der Waals surface area contributed by atoms with Gasteiger partial charge in [0.2, 0.25) is 11.8 Å². The van der Waals surface area contributed by atoms with Crippen molar-refractivity contribution in [3.63, 3.8) is 0 Å². The number of nitro groups is 1. The zero-order valence-corrected chi connectivity index (χ0v) is 22.2. The van der Waals surface area contributed by atoms with Gasteiger partial charge in [0.05, 0.1) is 15.5 Å².